The third-order valence-corrected chi connectivity index (χ3v) is 4.11. The van der Waals surface area contributed by atoms with Crippen molar-refractivity contribution in [2.45, 2.75) is 19.8 Å². The summed E-state index contributed by atoms with van der Waals surface area (Å²) in [5.41, 5.74) is 1.62. The van der Waals surface area contributed by atoms with E-state index in [1.54, 1.807) is 43.5 Å². The SMILES string of the molecule is CCCC(=O)Nc1cccc(NC(=O)c2cc(Br)ccc2OCCOC)c1. The standard InChI is InChI=1S/C20H23BrN2O4/c1-3-5-19(24)22-15-6-4-7-16(13-15)23-20(25)17-12-14(21)8-9-18(17)27-11-10-26-2/h4,6-9,12-13H,3,5,10-11H2,1-2H3,(H,22,24)(H,23,25). The molecule has 0 aromatic heterocycles. The number of halogens is 1. The molecule has 0 radical (unpaired) electrons. The maximum atomic E-state index is 12.7. The van der Waals surface area contributed by atoms with Crippen LogP contribution < -0.4 is 15.4 Å². The number of ether oxygens (including phenoxy) is 2. The fraction of sp³-hybridized carbons (Fsp3) is 0.300. The zero-order chi connectivity index (χ0) is 19.6. The van der Waals surface area contributed by atoms with Gasteiger partial charge in [0.15, 0.2) is 0 Å². The summed E-state index contributed by atoms with van der Waals surface area (Å²) in [6, 6.07) is 12.3. The van der Waals surface area contributed by atoms with Crippen molar-refractivity contribution in [3.8, 4) is 5.75 Å². The Morgan fingerprint density at radius 1 is 1.04 bits per heavy atom. The molecule has 2 rings (SSSR count). The van der Waals surface area contributed by atoms with Gasteiger partial charge in [-0.1, -0.05) is 28.9 Å². The van der Waals surface area contributed by atoms with Gasteiger partial charge in [-0.05, 0) is 42.8 Å². The second-order valence-electron chi connectivity index (χ2n) is 5.81. The highest BCUT2D eigenvalue weighted by molar-refractivity contribution is 9.10. The van der Waals surface area contributed by atoms with Crippen molar-refractivity contribution in [1.29, 1.82) is 0 Å². The topological polar surface area (TPSA) is 76.7 Å². The minimum atomic E-state index is -0.305. The highest BCUT2D eigenvalue weighted by atomic mass is 79.9. The van der Waals surface area contributed by atoms with E-state index in [1.807, 2.05) is 13.0 Å². The van der Waals surface area contributed by atoms with Crippen LogP contribution in [0.4, 0.5) is 11.4 Å². The number of methoxy groups -OCH3 is 1. The summed E-state index contributed by atoms with van der Waals surface area (Å²) in [4.78, 5) is 24.5. The molecule has 0 bridgehead atoms. The average Bonchev–Trinajstić information content (AvgIpc) is 2.63. The Balaban J connectivity index is 2.12. The number of amides is 2. The lowest BCUT2D eigenvalue weighted by Crippen LogP contribution is -2.15. The van der Waals surface area contributed by atoms with Crippen molar-refractivity contribution in [3.05, 3.63) is 52.5 Å². The van der Waals surface area contributed by atoms with E-state index in [4.69, 9.17) is 9.47 Å². The van der Waals surface area contributed by atoms with Crippen LogP contribution in [0.5, 0.6) is 5.75 Å². The molecular formula is C20H23BrN2O4. The Hall–Kier alpha value is -2.38. The molecule has 6 nitrogen and oxygen atoms in total. The predicted octanol–water partition coefficient (Wildman–Crippen LogP) is 4.47. The summed E-state index contributed by atoms with van der Waals surface area (Å²) in [6.07, 6.45) is 1.23. The van der Waals surface area contributed by atoms with Gasteiger partial charge in [-0.2, -0.15) is 0 Å². The van der Waals surface area contributed by atoms with Gasteiger partial charge in [0.25, 0.3) is 5.91 Å². The Bertz CT molecular complexity index is 795. The van der Waals surface area contributed by atoms with E-state index in [0.29, 0.717) is 42.3 Å². The minimum Gasteiger partial charge on any atom is -0.490 e. The predicted molar refractivity (Wildman–Crippen MR) is 109 cm³/mol. The van der Waals surface area contributed by atoms with E-state index in [9.17, 15) is 9.59 Å². The molecule has 0 fully saturated rings. The molecule has 0 heterocycles. The van der Waals surface area contributed by atoms with Crippen LogP contribution in [0.25, 0.3) is 0 Å². The van der Waals surface area contributed by atoms with E-state index < -0.39 is 0 Å². The zero-order valence-corrected chi connectivity index (χ0v) is 17.0. The molecule has 144 valence electrons. The third-order valence-electron chi connectivity index (χ3n) is 3.61. The zero-order valence-electron chi connectivity index (χ0n) is 15.4. The van der Waals surface area contributed by atoms with Crippen molar-refractivity contribution in [1.82, 2.24) is 0 Å². The molecule has 2 aromatic rings. The van der Waals surface area contributed by atoms with E-state index in [0.717, 1.165) is 10.9 Å². The lowest BCUT2D eigenvalue weighted by molar-refractivity contribution is -0.116. The molecule has 0 atom stereocenters. The van der Waals surface area contributed by atoms with Crippen LogP contribution in [0, 0.1) is 0 Å². The molecule has 0 aliphatic rings. The number of anilines is 2. The molecular weight excluding hydrogens is 412 g/mol. The summed E-state index contributed by atoms with van der Waals surface area (Å²) in [6.45, 7) is 2.72. The van der Waals surface area contributed by atoms with Gasteiger partial charge in [-0.3, -0.25) is 9.59 Å². The van der Waals surface area contributed by atoms with Gasteiger partial charge in [0.05, 0.1) is 12.2 Å². The molecule has 7 heteroatoms. The molecule has 2 aromatic carbocycles. The first-order valence-electron chi connectivity index (χ1n) is 8.66. The number of nitrogens with one attached hydrogen (secondary N) is 2. The molecule has 0 saturated carbocycles. The van der Waals surface area contributed by atoms with Crippen molar-refractivity contribution in [2.24, 2.45) is 0 Å². The fourth-order valence-electron chi connectivity index (χ4n) is 2.36. The molecule has 2 amide bonds. The maximum absolute atomic E-state index is 12.7. The first-order chi connectivity index (χ1) is 13.0. The Morgan fingerprint density at radius 3 is 2.48 bits per heavy atom. The normalized spacial score (nSPS) is 10.3. The molecule has 2 N–H and O–H groups in total. The van der Waals surface area contributed by atoms with Gasteiger partial charge in [0, 0.05) is 29.4 Å². The number of benzene rings is 2. The second-order valence-corrected chi connectivity index (χ2v) is 6.73. The molecule has 27 heavy (non-hydrogen) atoms. The number of hydrogen-bond donors (Lipinski definition) is 2. The number of rotatable bonds is 9. The van der Waals surface area contributed by atoms with Crippen LogP contribution in [-0.4, -0.2) is 32.1 Å². The van der Waals surface area contributed by atoms with Gasteiger partial charge < -0.3 is 20.1 Å². The van der Waals surface area contributed by atoms with Crippen molar-refractivity contribution < 1.29 is 19.1 Å². The molecule has 0 aliphatic heterocycles. The summed E-state index contributed by atoms with van der Waals surface area (Å²) < 4.78 is 11.4. The molecule has 0 aliphatic carbocycles. The molecule has 0 saturated heterocycles. The third kappa shape index (κ3) is 6.69. The van der Waals surface area contributed by atoms with Crippen molar-refractivity contribution >= 4 is 39.1 Å². The molecule has 0 unspecified atom stereocenters. The van der Waals surface area contributed by atoms with Crippen LogP contribution in [0.1, 0.15) is 30.1 Å². The Morgan fingerprint density at radius 2 is 1.78 bits per heavy atom. The summed E-state index contributed by atoms with van der Waals surface area (Å²) in [5, 5.41) is 5.65. The van der Waals surface area contributed by atoms with Crippen LogP contribution in [0.3, 0.4) is 0 Å². The second kappa shape index (κ2) is 10.7. The summed E-state index contributed by atoms with van der Waals surface area (Å²) in [7, 11) is 1.59. The Kier molecular flexibility index (Phi) is 8.29. The van der Waals surface area contributed by atoms with Crippen LogP contribution >= 0.6 is 15.9 Å². The van der Waals surface area contributed by atoms with E-state index in [-0.39, 0.29) is 11.8 Å². The first-order valence-corrected chi connectivity index (χ1v) is 9.45. The van der Waals surface area contributed by atoms with Crippen LogP contribution in [0.15, 0.2) is 46.9 Å². The highest BCUT2D eigenvalue weighted by Crippen LogP contribution is 2.25. The van der Waals surface area contributed by atoms with E-state index >= 15 is 0 Å². The maximum Gasteiger partial charge on any atom is 0.259 e. The smallest absolute Gasteiger partial charge is 0.259 e. The van der Waals surface area contributed by atoms with Crippen molar-refractivity contribution in [2.75, 3.05) is 31.0 Å². The summed E-state index contributed by atoms with van der Waals surface area (Å²) in [5.74, 6) is 0.114. The largest absolute Gasteiger partial charge is 0.490 e. The Labute approximate surface area is 167 Å². The van der Waals surface area contributed by atoms with Crippen molar-refractivity contribution in [3.63, 3.8) is 0 Å². The lowest BCUT2D eigenvalue weighted by Gasteiger charge is -2.13. The monoisotopic (exact) mass is 434 g/mol. The minimum absolute atomic E-state index is 0.0539. The first kappa shape index (κ1) is 20.9. The van der Waals surface area contributed by atoms with Crippen LogP contribution in [0.2, 0.25) is 0 Å². The van der Waals surface area contributed by atoms with Gasteiger partial charge in [-0.25, -0.2) is 0 Å². The van der Waals surface area contributed by atoms with Gasteiger partial charge >= 0.3 is 0 Å². The number of hydrogen-bond acceptors (Lipinski definition) is 4. The van der Waals surface area contributed by atoms with Crippen LogP contribution in [-0.2, 0) is 9.53 Å². The lowest BCUT2D eigenvalue weighted by atomic mass is 10.1. The van der Waals surface area contributed by atoms with Gasteiger partial charge in [0.1, 0.15) is 12.4 Å². The van der Waals surface area contributed by atoms with Gasteiger partial charge in [0.2, 0.25) is 5.91 Å². The van der Waals surface area contributed by atoms with E-state index in [2.05, 4.69) is 26.6 Å². The highest BCUT2D eigenvalue weighted by Gasteiger charge is 2.14. The fourth-order valence-corrected chi connectivity index (χ4v) is 2.73. The van der Waals surface area contributed by atoms with Gasteiger partial charge in [-0.15, -0.1) is 0 Å². The number of carbonyl (C=O) groups is 2. The van der Waals surface area contributed by atoms with E-state index in [1.165, 1.54) is 0 Å². The quantitative estimate of drug-likeness (QED) is 0.570. The summed E-state index contributed by atoms with van der Waals surface area (Å²) >= 11 is 3.38. The number of carbonyl (C=O) groups excluding carboxylic acids is 2. The average molecular weight is 435 g/mol. The molecule has 0 spiro atoms.